The summed E-state index contributed by atoms with van der Waals surface area (Å²) in [6.45, 7) is 1.42. The lowest BCUT2D eigenvalue weighted by atomic mass is 9.97. The van der Waals surface area contributed by atoms with Crippen molar-refractivity contribution >= 4 is 0 Å². The molecule has 0 spiro atoms. The van der Waals surface area contributed by atoms with Crippen LogP contribution in [0, 0.1) is 0 Å². The molecule has 1 heterocycles. The minimum absolute atomic E-state index is 0.0401. The molecule has 3 nitrogen and oxygen atoms in total. The summed E-state index contributed by atoms with van der Waals surface area (Å²) in [6, 6.07) is 0. The molecule has 2 aliphatic rings. The fourth-order valence-electron chi connectivity index (χ4n) is 2.84. The van der Waals surface area contributed by atoms with E-state index in [1.807, 2.05) is 0 Å². The van der Waals surface area contributed by atoms with Gasteiger partial charge in [-0.3, -0.25) is 0 Å². The molecule has 1 saturated carbocycles. The maximum Gasteiger partial charge on any atom is 0.105 e. The van der Waals surface area contributed by atoms with Crippen LogP contribution >= 0.6 is 0 Å². The van der Waals surface area contributed by atoms with Crippen LogP contribution in [0.15, 0.2) is 0 Å². The van der Waals surface area contributed by atoms with E-state index in [1.165, 1.54) is 44.9 Å². The van der Waals surface area contributed by atoms with Gasteiger partial charge in [-0.2, -0.15) is 0 Å². The highest BCUT2D eigenvalue weighted by molar-refractivity contribution is 4.75. The van der Waals surface area contributed by atoms with Crippen LogP contribution in [-0.4, -0.2) is 36.6 Å². The SMILES string of the molecule is OC1CCCCCCCCCCC1OC1COC1. The fraction of sp³-hybridized carbons (Fsp3) is 1.00. The van der Waals surface area contributed by atoms with Gasteiger partial charge in [0.05, 0.1) is 25.4 Å². The number of hydrogen-bond acceptors (Lipinski definition) is 3. The lowest BCUT2D eigenvalue weighted by Gasteiger charge is -2.33. The van der Waals surface area contributed by atoms with Gasteiger partial charge in [-0.25, -0.2) is 0 Å². The Bertz CT molecular complexity index is 216. The van der Waals surface area contributed by atoms with E-state index in [0.717, 1.165) is 19.3 Å². The van der Waals surface area contributed by atoms with E-state index in [9.17, 15) is 5.11 Å². The minimum atomic E-state index is -0.273. The average molecular weight is 256 g/mol. The monoisotopic (exact) mass is 256 g/mol. The van der Waals surface area contributed by atoms with Gasteiger partial charge in [-0.1, -0.05) is 51.4 Å². The lowest BCUT2D eigenvalue weighted by molar-refractivity contribution is -0.177. The summed E-state index contributed by atoms with van der Waals surface area (Å²) in [7, 11) is 0. The predicted octanol–water partition coefficient (Wildman–Crippen LogP) is 3.05. The smallest absolute Gasteiger partial charge is 0.105 e. The molecule has 0 amide bonds. The molecule has 1 aliphatic carbocycles. The van der Waals surface area contributed by atoms with Gasteiger partial charge in [0.15, 0.2) is 0 Å². The van der Waals surface area contributed by atoms with Crippen molar-refractivity contribution in [1.82, 2.24) is 0 Å². The van der Waals surface area contributed by atoms with Crippen LogP contribution in [0.2, 0.25) is 0 Å². The molecule has 0 aromatic carbocycles. The van der Waals surface area contributed by atoms with Crippen LogP contribution in [0.1, 0.15) is 64.2 Å². The van der Waals surface area contributed by atoms with Crippen LogP contribution in [0.4, 0.5) is 0 Å². The molecule has 106 valence electrons. The molecule has 3 heteroatoms. The molecule has 0 aromatic heterocycles. The van der Waals surface area contributed by atoms with Gasteiger partial charge in [0.1, 0.15) is 6.10 Å². The van der Waals surface area contributed by atoms with E-state index < -0.39 is 0 Å². The molecular weight excluding hydrogens is 228 g/mol. The summed E-state index contributed by atoms with van der Waals surface area (Å²) < 4.78 is 11.1. The lowest BCUT2D eigenvalue weighted by Crippen LogP contribution is -2.42. The standard InChI is InChI=1S/C15H28O3/c16-14-9-7-5-3-1-2-4-6-8-10-15(14)18-13-11-17-12-13/h13-16H,1-12H2. The first kappa shape index (κ1) is 14.3. The van der Waals surface area contributed by atoms with Gasteiger partial charge in [0.2, 0.25) is 0 Å². The topological polar surface area (TPSA) is 38.7 Å². The summed E-state index contributed by atoms with van der Waals surface area (Å²) in [5.41, 5.74) is 0. The van der Waals surface area contributed by atoms with Crippen molar-refractivity contribution in [3.05, 3.63) is 0 Å². The Morgan fingerprint density at radius 3 is 1.89 bits per heavy atom. The Morgan fingerprint density at radius 1 is 0.778 bits per heavy atom. The zero-order valence-electron chi connectivity index (χ0n) is 11.5. The Hall–Kier alpha value is -0.120. The second-order valence-electron chi connectivity index (χ2n) is 5.81. The Balaban J connectivity index is 1.77. The van der Waals surface area contributed by atoms with E-state index in [1.54, 1.807) is 0 Å². The highest BCUT2D eigenvalue weighted by Crippen LogP contribution is 2.21. The maximum absolute atomic E-state index is 10.3. The first-order valence-electron chi connectivity index (χ1n) is 7.77. The quantitative estimate of drug-likeness (QED) is 0.825. The van der Waals surface area contributed by atoms with Gasteiger partial charge in [0.25, 0.3) is 0 Å². The summed E-state index contributed by atoms with van der Waals surface area (Å²) >= 11 is 0. The third kappa shape index (κ3) is 4.87. The highest BCUT2D eigenvalue weighted by atomic mass is 16.6. The van der Waals surface area contributed by atoms with E-state index >= 15 is 0 Å². The fourth-order valence-corrected chi connectivity index (χ4v) is 2.84. The van der Waals surface area contributed by atoms with Crippen molar-refractivity contribution in [3.63, 3.8) is 0 Å². The molecule has 0 radical (unpaired) electrons. The summed E-state index contributed by atoms with van der Waals surface area (Å²) in [5.74, 6) is 0. The molecule has 0 bridgehead atoms. The average Bonchev–Trinajstić information content (AvgIpc) is 2.30. The minimum Gasteiger partial charge on any atom is -0.390 e. The van der Waals surface area contributed by atoms with Gasteiger partial charge >= 0.3 is 0 Å². The van der Waals surface area contributed by atoms with E-state index in [2.05, 4.69) is 0 Å². The summed E-state index contributed by atoms with van der Waals surface area (Å²) in [5, 5.41) is 10.3. The van der Waals surface area contributed by atoms with Crippen molar-refractivity contribution in [3.8, 4) is 0 Å². The normalized spacial score (nSPS) is 33.2. The number of aliphatic hydroxyl groups excluding tert-OH is 1. The molecule has 1 aliphatic heterocycles. The van der Waals surface area contributed by atoms with Crippen LogP contribution in [0.3, 0.4) is 0 Å². The number of hydrogen-bond donors (Lipinski definition) is 1. The van der Waals surface area contributed by atoms with Crippen LogP contribution in [0.25, 0.3) is 0 Å². The third-order valence-corrected chi connectivity index (χ3v) is 4.14. The number of aliphatic hydroxyl groups is 1. The summed E-state index contributed by atoms with van der Waals surface area (Å²) in [6.07, 6.45) is 12.2. The Morgan fingerprint density at radius 2 is 1.33 bits per heavy atom. The Kier molecular flexibility index (Phi) is 6.46. The molecule has 1 saturated heterocycles. The number of ether oxygens (including phenoxy) is 2. The third-order valence-electron chi connectivity index (χ3n) is 4.14. The molecule has 2 atom stereocenters. The molecule has 18 heavy (non-hydrogen) atoms. The predicted molar refractivity (Wildman–Crippen MR) is 71.7 cm³/mol. The van der Waals surface area contributed by atoms with Gasteiger partial charge in [-0.15, -0.1) is 0 Å². The highest BCUT2D eigenvalue weighted by Gasteiger charge is 2.27. The van der Waals surface area contributed by atoms with Crippen molar-refractivity contribution in [1.29, 1.82) is 0 Å². The van der Waals surface area contributed by atoms with Crippen molar-refractivity contribution in [2.75, 3.05) is 13.2 Å². The van der Waals surface area contributed by atoms with Gasteiger partial charge in [-0.05, 0) is 12.8 Å². The van der Waals surface area contributed by atoms with Crippen molar-refractivity contribution < 1.29 is 14.6 Å². The zero-order chi connectivity index (χ0) is 12.6. The molecule has 2 rings (SSSR count). The van der Waals surface area contributed by atoms with Crippen LogP contribution < -0.4 is 0 Å². The first-order valence-corrected chi connectivity index (χ1v) is 7.77. The zero-order valence-corrected chi connectivity index (χ0v) is 11.5. The van der Waals surface area contributed by atoms with Crippen LogP contribution in [-0.2, 0) is 9.47 Å². The number of rotatable bonds is 2. The van der Waals surface area contributed by atoms with Crippen molar-refractivity contribution in [2.24, 2.45) is 0 Å². The molecule has 0 aromatic rings. The summed E-state index contributed by atoms with van der Waals surface area (Å²) in [4.78, 5) is 0. The molecule has 2 fully saturated rings. The molecular formula is C15H28O3. The van der Waals surface area contributed by atoms with E-state index in [0.29, 0.717) is 13.2 Å². The van der Waals surface area contributed by atoms with Crippen LogP contribution in [0.5, 0.6) is 0 Å². The molecule has 1 N–H and O–H groups in total. The second kappa shape index (κ2) is 8.13. The van der Waals surface area contributed by atoms with E-state index in [-0.39, 0.29) is 18.3 Å². The van der Waals surface area contributed by atoms with Gasteiger partial charge in [0, 0.05) is 0 Å². The first-order chi connectivity index (χ1) is 8.86. The largest absolute Gasteiger partial charge is 0.390 e. The Labute approximate surface area is 111 Å². The van der Waals surface area contributed by atoms with Crippen molar-refractivity contribution in [2.45, 2.75) is 82.5 Å². The second-order valence-corrected chi connectivity index (χ2v) is 5.81. The van der Waals surface area contributed by atoms with Gasteiger partial charge < -0.3 is 14.6 Å². The maximum atomic E-state index is 10.3. The molecule has 2 unspecified atom stereocenters. The van der Waals surface area contributed by atoms with E-state index in [4.69, 9.17) is 9.47 Å².